The molecule has 6 heteroatoms. The summed E-state index contributed by atoms with van der Waals surface area (Å²) in [7, 11) is 0. The summed E-state index contributed by atoms with van der Waals surface area (Å²) in [5.74, 6) is 1.57. The molecule has 0 aliphatic carbocycles. The van der Waals surface area contributed by atoms with Gasteiger partial charge in [-0.15, -0.1) is 11.3 Å². The molecule has 19 heavy (non-hydrogen) atoms. The quantitative estimate of drug-likeness (QED) is 0.863. The molecule has 2 aromatic rings. The van der Waals surface area contributed by atoms with E-state index in [0.717, 1.165) is 55.2 Å². The number of likely N-dealkylation sites (tertiary alicyclic amines) is 1. The lowest BCUT2D eigenvalue weighted by Crippen LogP contribution is -2.26. The molecular weight excluding hydrogens is 260 g/mol. The van der Waals surface area contributed by atoms with E-state index < -0.39 is 0 Å². The Kier molecular flexibility index (Phi) is 2.68. The van der Waals surface area contributed by atoms with Crippen molar-refractivity contribution in [1.82, 2.24) is 19.6 Å². The van der Waals surface area contributed by atoms with Gasteiger partial charge in [0, 0.05) is 37.3 Å². The van der Waals surface area contributed by atoms with Gasteiger partial charge < -0.3 is 5.32 Å². The molecule has 0 bridgehead atoms. The molecule has 0 amide bonds. The highest BCUT2D eigenvalue weighted by atomic mass is 32.1. The molecule has 0 aromatic carbocycles. The van der Waals surface area contributed by atoms with E-state index >= 15 is 0 Å². The monoisotopic (exact) mass is 276 g/mol. The zero-order valence-electron chi connectivity index (χ0n) is 10.6. The van der Waals surface area contributed by atoms with Gasteiger partial charge in [-0.1, -0.05) is 0 Å². The number of fused-ring (bicyclic) bond motifs is 2. The van der Waals surface area contributed by atoms with E-state index in [0.29, 0.717) is 0 Å². The summed E-state index contributed by atoms with van der Waals surface area (Å²) >= 11 is 1.51. The van der Waals surface area contributed by atoms with Crippen LogP contribution in [0.15, 0.2) is 22.4 Å². The molecule has 5 nitrogen and oxygen atoms in total. The van der Waals surface area contributed by atoms with Crippen molar-refractivity contribution in [2.75, 3.05) is 26.2 Å². The normalized spacial score (nSPS) is 27.2. The standard InChI is InChI=1S/C13H16N4OS/c18-12-3-11(15-13-17(12)1-2-19-13)8-16-6-9-4-14-5-10(9)7-16/h1-3,9-10,14H,4-8H2. The fourth-order valence-electron chi connectivity index (χ4n) is 3.28. The van der Waals surface area contributed by atoms with Crippen LogP contribution in [-0.4, -0.2) is 40.5 Å². The first-order chi connectivity index (χ1) is 9.29. The Balaban J connectivity index is 1.57. The van der Waals surface area contributed by atoms with Crippen LogP contribution in [0.25, 0.3) is 4.96 Å². The lowest BCUT2D eigenvalue weighted by Gasteiger charge is -2.16. The van der Waals surface area contributed by atoms with Gasteiger partial charge >= 0.3 is 0 Å². The van der Waals surface area contributed by atoms with E-state index in [1.807, 2.05) is 5.38 Å². The fourth-order valence-corrected chi connectivity index (χ4v) is 4.02. The highest BCUT2D eigenvalue weighted by Crippen LogP contribution is 2.27. The molecule has 0 saturated carbocycles. The van der Waals surface area contributed by atoms with Crippen molar-refractivity contribution in [3.8, 4) is 0 Å². The molecule has 2 aliphatic heterocycles. The van der Waals surface area contributed by atoms with Gasteiger partial charge in [0.2, 0.25) is 0 Å². The first-order valence-electron chi connectivity index (χ1n) is 6.68. The number of aromatic nitrogens is 2. The van der Waals surface area contributed by atoms with Crippen LogP contribution in [0, 0.1) is 11.8 Å². The maximum atomic E-state index is 11.9. The van der Waals surface area contributed by atoms with E-state index in [-0.39, 0.29) is 5.56 Å². The molecule has 2 unspecified atom stereocenters. The van der Waals surface area contributed by atoms with Gasteiger partial charge in [-0.25, -0.2) is 4.98 Å². The van der Waals surface area contributed by atoms with E-state index in [9.17, 15) is 4.79 Å². The summed E-state index contributed by atoms with van der Waals surface area (Å²) in [6, 6.07) is 1.67. The molecule has 2 aliphatic rings. The maximum absolute atomic E-state index is 11.9. The summed E-state index contributed by atoms with van der Waals surface area (Å²) in [6.45, 7) is 5.34. The van der Waals surface area contributed by atoms with Crippen LogP contribution in [0.5, 0.6) is 0 Å². The number of thiazole rings is 1. The molecule has 4 heterocycles. The first-order valence-corrected chi connectivity index (χ1v) is 7.56. The maximum Gasteiger partial charge on any atom is 0.258 e. The van der Waals surface area contributed by atoms with Crippen molar-refractivity contribution in [2.24, 2.45) is 11.8 Å². The number of nitrogens with one attached hydrogen (secondary N) is 1. The molecule has 1 N–H and O–H groups in total. The third kappa shape index (κ3) is 2.00. The van der Waals surface area contributed by atoms with Gasteiger partial charge in [-0.05, 0) is 24.9 Å². The van der Waals surface area contributed by atoms with Gasteiger partial charge in [0.1, 0.15) is 0 Å². The molecule has 2 saturated heterocycles. The predicted octanol–water partition coefficient (Wildman–Crippen LogP) is 0.407. The summed E-state index contributed by atoms with van der Waals surface area (Å²) in [5, 5.41) is 5.35. The third-order valence-corrected chi connectivity index (χ3v) is 4.96. The third-order valence-electron chi connectivity index (χ3n) is 4.21. The Labute approximate surface area is 114 Å². The Bertz CT molecular complexity index is 652. The van der Waals surface area contributed by atoms with Gasteiger partial charge in [0.05, 0.1) is 5.69 Å². The molecule has 0 spiro atoms. The molecule has 2 fully saturated rings. The van der Waals surface area contributed by atoms with Crippen LogP contribution in [0.2, 0.25) is 0 Å². The van der Waals surface area contributed by atoms with E-state index in [1.165, 1.54) is 11.3 Å². The Morgan fingerprint density at radius 2 is 2.16 bits per heavy atom. The predicted molar refractivity (Wildman–Crippen MR) is 74.5 cm³/mol. The fraction of sp³-hybridized carbons (Fsp3) is 0.538. The van der Waals surface area contributed by atoms with Gasteiger partial charge in [0.25, 0.3) is 5.56 Å². The lowest BCUT2D eigenvalue weighted by atomic mass is 10.0. The van der Waals surface area contributed by atoms with Gasteiger partial charge in [-0.2, -0.15) is 0 Å². The van der Waals surface area contributed by atoms with Crippen LogP contribution in [0.3, 0.4) is 0 Å². The van der Waals surface area contributed by atoms with Crippen molar-refractivity contribution < 1.29 is 0 Å². The molecule has 2 aromatic heterocycles. The van der Waals surface area contributed by atoms with Crippen molar-refractivity contribution in [3.63, 3.8) is 0 Å². The Morgan fingerprint density at radius 1 is 1.37 bits per heavy atom. The van der Waals surface area contributed by atoms with Crippen molar-refractivity contribution in [3.05, 3.63) is 33.7 Å². The number of nitrogens with zero attached hydrogens (tertiary/aromatic N) is 3. The topological polar surface area (TPSA) is 49.6 Å². The van der Waals surface area contributed by atoms with E-state index in [2.05, 4.69) is 15.2 Å². The van der Waals surface area contributed by atoms with E-state index in [4.69, 9.17) is 0 Å². The number of rotatable bonds is 2. The van der Waals surface area contributed by atoms with Crippen LogP contribution < -0.4 is 10.9 Å². The number of hydrogen-bond donors (Lipinski definition) is 1. The first kappa shape index (κ1) is 11.6. The Morgan fingerprint density at radius 3 is 2.95 bits per heavy atom. The second-order valence-corrected chi connectivity index (χ2v) is 6.39. The minimum absolute atomic E-state index is 0.0299. The molecule has 100 valence electrons. The minimum atomic E-state index is 0.0299. The second kappa shape index (κ2) is 4.40. The molecule has 0 radical (unpaired) electrons. The largest absolute Gasteiger partial charge is 0.316 e. The summed E-state index contributed by atoms with van der Waals surface area (Å²) in [6.07, 6.45) is 1.78. The molecule has 2 atom stereocenters. The minimum Gasteiger partial charge on any atom is -0.316 e. The Hall–Kier alpha value is -1.24. The van der Waals surface area contributed by atoms with Crippen LogP contribution in [-0.2, 0) is 6.54 Å². The van der Waals surface area contributed by atoms with Crippen molar-refractivity contribution in [2.45, 2.75) is 6.54 Å². The zero-order valence-corrected chi connectivity index (χ0v) is 11.4. The van der Waals surface area contributed by atoms with Crippen molar-refractivity contribution in [1.29, 1.82) is 0 Å². The summed E-state index contributed by atoms with van der Waals surface area (Å²) < 4.78 is 1.61. The van der Waals surface area contributed by atoms with Crippen LogP contribution in [0.1, 0.15) is 5.69 Å². The van der Waals surface area contributed by atoms with Crippen LogP contribution in [0.4, 0.5) is 0 Å². The highest BCUT2D eigenvalue weighted by Gasteiger charge is 2.35. The average Bonchev–Trinajstić information content (AvgIpc) is 3.02. The lowest BCUT2D eigenvalue weighted by molar-refractivity contribution is 0.302. The van der Waals surface area contributed by atoms with Gasteiger partial charge in [0.15, 0.2) is 4.96 Å². The van der Waals surface area contributed by atoms with Crippen molar-refractivity contribution >= 4 is 16.3 Å². The average molecular weight is 276 g/mol. The van der Waals surface area contributed by atoms with Crippen LogP contribution >= 0.6 is 11.3 Å². The summed E-state index contributed by atoms with van der Waals surface area (Å²) in [5.41, 5.74) is 0.933. The zero-order chi connectivity index (χ0) is 12.8. The second-order valence-electron chi connectivity index (χ2n) is 5.51. The molecular formula is C13H16N4OS. The summed E-state index contributed by atoms with van der Waals surface area (Å²) in [4.78, 5) is 19.7. The number of hydrogen-bond acceptors (Lipinski definition) is 5. The smallest absolute Gasteiger partial charge is 0.258 e. The van der Waals surface area contributed by atoms with Gasteiger partial charge in [-0.3, -0.25) is 14.1 Å². The molecule has 4 rings (SSSR count). The SMILES string of the molecule is O=c1cc(CN2CC3CNCC3C2)nc2sccn12. The highest BCUT2D eigenvalue weighted by molar-refractivity contribution is 7.15. The van der Waals surface area contributed by atoms with E-state index in [1.54, 1.807) is 16.7 Å².